The molecule has 1 saturated heterocycles. The lowest BCUT2D eigenvalue weighted by atomic mass is 9.97. The molecule has 0 amide bonds. The minimum absolute atomic E-state index is 0.154. The fraction of sp³-hybridized carbons (Fsp3) is 0.647. The summed E-state index contributed by atoms with van der Waals surface area (Å²) in [7, 11) is 0. The molecule has 126 valence electrons. The van der Waals surface area contributed by atoms with Gasteiger partial charge in [-0.1, -0.05) is 0 Å². The van der Waals surface area contributed by atoms with Crippen molar-refractivity contribution >= 4 is 0 Å². The van der Waals surface area contributed by atoms with Crippen molar-refractivity contribution in [1.82, 2.24) is 24.6 Å². The van der Waals surface area contributed by atoms with Crippen LogP contribution >= 0.6 is 0 Å². The molecule has 6 heteroatoms. The number of nitrogens with zero attached hydrogens (tertiary/aromatic N) is 4. The molecule has 3 rings (SSSR count). The van der Waals surface area contributed by atoms with Crippen LogP contribution in [-0.4, -0.2) is 32.5 Å². The van der Waals surface area contributed by atoms with E-state index in [9.17, 15) is 0 Å². The Hall–Kier alpha value is -1.66. The average Bonchev–Trinajstić information content (AvgIpc) is 3.31. The maximum Gasteiger partial charge on any atom is 0.125 e. The highest BCUT2D eigenvalue weighted by molar-refractivity contribution is 5.11. The molecule has 1 unspecified atom stereocenters. The number of hydrogen-bond donors (Lipinski definition) is 1. The highest BCUT2D eigenvalue weighted by Gasteiger charge is 2.31. The molecule has 0 spiro atoms. The topological polar surface area (TPSA) is 56.9 Å². The lowest BCUT2D eigenvalue weighted by molar-refractivity contribution is 0.0897. The molecule has 0 radical (unpaired) electrons. The highest BCUT2D eigenvalue weighted by atomic mass is 16.5. The van der Waals surface area contributed by atoms with Crippen molar-refractivity contribution in [3.63, 3.8) is 0 Å². The van der Waals surface area contributed by atoms with E-state index in [1.54, 1.807) is 0 Å². The van der Waals surface area contributed by atoms with Crippen molar-refractivity contribution in [3.05, 3.63) is 36.2 Å². The predicted octanol–water partition coefficient (Wildman–Crippen LogP) is 2.55. The summed E-state index contributed by atoms with van der Waals surface area (Å²) in [4.78, 5) is 4.48. The van der Waals surface area contributed by atoms with Gasteiger partial charge in [-0.05, 0) is 27.2 Å². The highest BCUT2D eigenvalue weighted by Crippen LogP contribution is 2.34. The van der Waals surface area contributed by atoms with E-state index in [-0.39, 0.29) is 12.1 Å². The molecule has 6 nitrogen and oxygen atoms in total. The number of ether oxygens (including phenoxy) is 1. The van der Waals surface area contributed by atoms with Crippen LogP contribution in [0.5, 0.6) is 0 Å². The zero-order valence-electron chi connectivity index (χ0n) is 14.3. The monoisotopic (exact) mass is 317 g/mol. The van der Waals surface area contributed by atoms with Gasteiger partial charge in [0.05, 0.1) is 18.3 Å². The largest absolute Gasteiger partial charge is 0.373 e. The molecule has 2 aromatic heterocycles. The van der Waals surface area contributed by atoms with E-state index in [4.69, 9.17) is 4.74 Å². The lowest BCUT2D eigenvalue weighted by Gasteiger charge is -2.21. The van der Waals surface area contributed by atoms with Gasteiger partial charge in [0.1, 0.15) is 5.82 Å². The maximum absolute atomic E-state index is 5.96. The summed E-state index contributed by atoms with van der Waals surface area (Å²) in [5.41, 5.74) is 1.19. The van der Waals surface area contributed by atoms with E-state index in [2.05, 4.69) is 46.9 Å². The molecule has 2 aromatic rings. The summed E-state index contributed by atoms with van der Waals surface area (Å²) in [6.07, 6.45) is 9.20. The van der Waals surface area contributed by atoms with Crippen molar-refractivity contribution in [1.29, 1.82) is 0 Å². The second-order valence-corrected chi connectivity index (χ2v) is 6.17. The normalized spacial score (nSPS) is 22.6. The van der Waals surface area contributed by atoms with Crippen LogP contribution in [0.2, 0.25) is 0 Å². The maximum atomic E-state index is 5.96. The van der Waals surface area contributed by atoms with Crippen LogP contribution in [0, 0.1) is 5.92 Å². The van der Waals surface area contributed by atoms with Crippen molar-refractivity contribution in [3.8, 4) is 0 Å². The van der Waals surface area contributed by atoms with Crippen LogP contribution in [-0.2, 0) is 17.8 Å². The van der Waals surface area contributed by atoms with Gasteiger partial charge in [0.2, 0.25) is 0 Å². The van der Waals surface area contributed by atoms with E-state index in [1.807, 2.05) is 23.3 Å². The minimum Gasteiger partial charge on any atom is -0.373 e. The van der Waals surface area contributed by atoms with Crippen LogP contribution in [0.4, 0.5) is 0 Å². The van der Waals surface area contributed by atoms with Crippen molar-refractivity contribution in [2.75, 3.05) is 13.2 Å². The molecular formula is C17H27N5O. The number of aromatic nitrogens is 4. The Morgan fingerprint density at radius 3 is 3.00 bits per heavy atom. The molecule has 1 aliphatic heterocycles. The van der Waals surface area contributed by atoms with Crippen LogP contribution in [0.1, 0.15) is 50.7 Å². The summed E-state index contributed by atoms with van der Waals surface area (Å²) in [6, 6.07) is 0.240. The number of hydrogen-bond acceptors (Lipinski definition) is 4. The number of imidazole rings is 1. The van der Waals surface area contributed by atoms with Gasteiger partial charge in [0.25, 0.3) is 0 Å². The van der Waals surface area contributed by atoms with E-state index in [0.29, 0.717) is 5.92 Å². The van der Waals surface area contributed by atoms with Gasteiger partial charge in [-0.3, -0.25) is 4.68 Å². The molecule has 23 heavy (non-hydrogen) atoms. The standard InChI is InChI=1S/C17H27N5O/c1-4-21-8-7-18-17(21)13(3)19-10-14-6-9-23-16(14)15-11-20-22(5-2)12-15/h7-8,11-14,16,19H,4-6,9-10H2,1-3H3/t13?,14-,16+/m0/s1. The molecular weight excluding hydrogens is 290 g/mol. The molecule has 0 aliphatic carbocycles. The Morgan fingerprint density at radius 2 is 2.26 bits per heavy atom. The van der Waals surface area contributed by atoms with Gasteiger partial charge in [-0.15, -0.1) is 0 Å². The Labute approximate surface area is 137 Å². The van der Waals surface area contributed by atoms with Gasteiger partial charge in [0.15, 0.2) is 0 Å². The minimum atomic E-state index is 0.154. The smallest absolute Gasteiger partial charge is 0.125 e. The zero-order valence-corrected chi connectivity index (χ0v) is 14.3. The van der Waals surface area contributed by atoms with Crippen LogP contribution in [0.25, 0.3) is 0 Å². The second-order valence-electron chi connectivity index (χ2n) is 6.17. The molecule has 0 saturated carbocycles. The molecule has 1 N–H and O–H groups in total. The first kappa shape index (κ1) is 16.2. The van der Waals surface area contributed by atoms with Crippen LogP contribution in [0.3, 0.4) is 0 Å². The first-order valence-electron chi connectivity index (χ1n) is 8.61. The molecule has 0 bridgehead atoms. The summed E-state index contributed by atoms with van der Waals surface area (Å²) in [5.74, 6) is 1.58. The summed E-state index contributed by atoms with van der Waals surface area (Å²) in [6.45, 7) is 10.0. The fourth-order valence-corrected chi connectivity index (χ4v) is 3.30. The van der Waals surface area contributed by atoms with E-state index < -0.39 is 0 Å². The van der Waals surface area contributed by atoms with Crippen molar-refractivity contribution < 1.29 is 4.74 Å². The average molecular weight is 317 g/mol. The Morgan fingerprint density at radius 1 is 1.39 bits per heavy atom. The quantitative estimate of drug-likeness (QED) is 0.852. The van der Waals surface area contributed by atoms with Gasteiger partial charge < -0.3 is 14.6 Å². The number of aryl methyl sites for hydroxylation is 2. The number of nitrogens with one attached hydrogen (secondary N) is 1. The first-order valence-corrected chi connectivity index (χ1v) is 8.61. The third-order valence-corrected chi connectivity index (χ3v) is 4.68. The first-order chi connectivity index (χ1) is 11.2. The third kappa shape index (κ3) is 3.48. The zero-order chi connectivity index (χ0) is 16.2. The predicted molar refractivity (Wildman–Crippen MR) is 89.0 cm³/mol. The van der Waals surface area contributed by atoms with Gasteiger partial charge >= 0.3 is 0 Å². The summed E-state index contributed by atoms with van der Waals surface area (Å²) < 4.78 is 10.1. The third-order valence-electron chi connectivity index (χ3n) is 4.68. The summed E-state index contributed by atoms with van der Waals surface area (Å²) in [5, 5.41) is 8.01. The van der Waals surface area contributed by atoms with Crippen molar-refractivity contribution in [2.45, 2.75) is 52.4 Å². The van der Waals surface area contributed by atoms with Crippen molar-refractivity contribution in [2.24, 2.45) is 5.92 Å². The SMILES string of the molecule is CCn1cc([C@@H]2OCC[C@H]2CNC(C)c2nccn2CC)cn1. The van der Waals surface area contributed by atoms with Gasteiger partial charge in [-0.2, -0.15) is 5.10 Å². The molecule has 1 aliphatic rings. The van der Waals surface area contributed by atoms with E-state index in [0.717, 1.165) is 38.5 Å². The van der Waals surface area contributed by atoms with Gasteiger partial charge in [-0.25, -0.2) is 4.98 Å². The molecule has 3 atom stereocenters. The van der Waals surface area contributed by atoms with Crippen LogP contribution < -0.4 is 5.32 Å². The second kappa shape index (κ2) is 7.27. The molecule has 1 fully saturated rings. The van der Waals surface area contributed by atoms with Crippen LogP contribution in [0.15, 0.2) is 24.8 Å². The number of rotatable bonds is 7. The van der Waals surface area contributed by atoms with Gasteiger partial charge in [0, 0.05) is 56.3 Å². The molecule has 0 aromatic carbocycles. The van der Waals surface area contributed by atoms with E-state index >= 15 is 0 Å². The Kier molecular flexibility index (Phi) is 5.13. The summed E-state index contributed by atoms with van der Waals surface area (Å²) >= 11 is 0. The molecule has 3 heterocycles. The fourth-order valence-electron chi connectivity index (χ4n) is 3.30. The Bertz CT molecular complexity index is 620. The van der Waals surface area contributed by atoms with E-state index in [1.165, 1.54) is 5.56 Å². The lowest BCUT2D eigenvalue weighted by Crippen LogP contribution is -2.29. The Balaban J connectivity index is 1.60.